The van der Waals surface area contributed by atoms with Gasteiger partial charge in [0.15, 0.2) is 0 Å². The molecule has 2 saturated heterocycles. The van der Waals surface area contributed by atoms with E-state index in [1.807, 2.05) is 0 Å². The number of rotatable bonds is 2. The monoisotopic (exact) mass is 241 g/mol. The van der Waals surface area contributed by atoms with E-state index in [0.29, 0.717) is 0 Å². The summed E-state index contributed by atoms with van der Waals surface area (Å²) in [5.74, 6) is 0. The summed E-state index contributed by atoms with van der Waals surface area (Å²) in [4.78, 5) is 6.23. The molecular formula is C15H19N3. The fourth-order valence-electron chi connectivity index (χ4n) is 3.54. The van der Waals surface area contributed by atoms with Crippen molar-refractivity contribution in [2.24, 2.45) is 0 Å². The number of hydrogen-bond donors (Lipinski definition) is 2. The summed E-state index contributed by atoms with van der Waals surface area (Å²) < 4.78 is 0. The molecule has 3 heteroatoms. The third-order valence-corrected chi connectivity index (χ3v) is 4.47. The number of piperazine rings is 1. The maximum atomic E-state index is 3.55. The van der Waals surface area contributed by atoms with Gasteiger partial charge in [0.2, 0.25) is 0 Å². The van der Waals surface area contributed by atoms with E-state index in [-0.39, 0.29) is 0 Å². The molecular weight excluding hydrogens is 222 g/mol. The minimum Gasteiger partial charge on any atom is -0.357 e. The van der Waals surface area contributed by atoms with Gasteiger partial charge >= 0.3 is 0 Å². The van der Waals surface area contributed by atoms with Gasteiger partial charge in [-0.3, -0.25) is 4.90 Å². The summed E-state index contributed by atoms with van der Waals surface area (Å²) in [6.45, 7) is 3.40. The van der Waals surface area contributed by atoms with E-state index in [9.17, 15) is 0 Å². The largest absolute Gasteiger partial charge is 0.357 e. The predicted octanol–water partition coefficient (Wildman–Crippen LogP) is 2.10. The lowest BCUT2D eigenvalue weighted by Gasteiger charge is -2.34. The third-order valence-electron chi connectivity index (χ3n) is 4.47. The minimum absolute atomic E-state index is 0.746. The first-order chi connectivity index (χ1) is 8.90. The van der Waals surface area contributed by atoms with Crippen LogP contribution in [-0.4, -0.2) is 35.1 Å². The van der Waals surface area contributed by atoms with Crippen LogP contribution in [0, 0.1) is 0 Å². The zero-order valence-corrected chi connectivity index (χ0v) is 10.5. The van der Waals surface area contributed by atoms with Crippen LogP contribution in [0.2, 0.25) is 0 Å². The number of benzene rings is 1. The molecule has 0 saturated carbocycles. The van der Waals surface area contributed by atoms with Gasteiger partial charge in [0.25, 0.3) is 0 Å². The molecule has 2 unspecified atom stereocenters. The van der Waals surface area contributed by atoms with E-state index in [1.54, 1.807) is 0 Å². The maximum Gasteiger partial charge on any atom is 0.0456 e. The second-order valence-corrected chi connectivity index (χ2v) is 5.60. The van der Waals surface area contributed by atoms with Crippen LogP contribution in [0.15, 0.2) is 30.3 Å². The fraction of sp³-hybridized carbons (Fsp3) is 0.467. The highest BCUT2D eigenvalue weighted by atomic mass is 15.3. The van der Waals surface area contributed by atoms with Crippen LogP contribution >= 0.6 is 0 Å². The molecule has 2 bridgehead atoms. The highest BCUT2D eigenvalue weighted by Crippen LogP contribution is 2.28. The van der Waals surface area contributed by atoms with Gasteiger partial charge in [-0.1, -0.05) is 18.2 Å². The summed E-state index contributed by atoms with van der Waals surface area (Å²) in [6, 6.07) is 12.3. The molecule has 0 spiro atoms. The Hall–Kier alpha value is -1.32. The van der Waals surface area contributed by atoms with Crippen molar-refractivity contribution in [3.8, 4) is 0 Å². The van der Waals surface area contributed by atoms with Crippen molar-refractivity contribution in [1.29, 1.82) is 0 Å². The number of hydrogen-bond acceptors (Lipinski definition) is 2. The van der Waals surface area contributed by atoms with Gasteiger partial charge in [-0.15, -0.1) is 0 Å². The minimum atomic E-state index is 0.746. The molecule has 0 aliphatic carbocycles. The average molecular weight is 241 g/mol. The molecule has 3 heterocycles. The normalized spacial score (nSPS) is 28.0. The summed E-state index contributed by atoms with van der Waals surface area (Å²) in [7, 11) is 0. The van der Waals surface area contributed by atoms with Crippen LogP contribution in [0.25, 0.3) is 10.9 Å². The van der Waals surface area contributed by atoms with Crippen LogP contribution < -0.4 is 5.32 Å². The van der Waals surface area contributed by atoms with Crippen molar-refractivity contribution in [3.05, 3.63) is 36.0 Å². The van der Waals surface area contributed by atoms with Crippen molar-refractivity contribution in [3.63, 3.8) is 0 Å². The zero-order chi connectivity index (χ0) is 11.9. The fourth-order valence-corrected chi connectivity index (χ4v) is 3.54. The van der Waals surface area contributed by atoms with Crippen molar-refractivity contribution in [2.75, 3.05) is 13.1 Å². The van der Waals surface area contributed by atoms with Crippen molar-refractivity contribution in [1.82, 2.24) is 15.2 Å². The molecule has 2 fully saturated rings. The Bertz CT molecular complexity index is 511. The number of nitrogens with zero attached hydrogens (tertiary/aromatic N) is 1. The van der Waals surface area contributed by atoms with Crippen LogP contribution in [0.5, 0.6) is 0 Å². The Morgan fingerprint density at radius 2 is 1.89 bits per heavy atom. The van der Waals surface area contributed by atoms with Crippen LogP contribution in [0.4, 0.5) is 0 Å². The summed E-state index contributed by atoms with van der Waals surface area (Å²) in [5.41, 5.74) is 2.62. The molecule has 3 nitrogen and oxygen atoms in total. The van der Waals surface area contributed by atoms with E-state index >= 15 is 0 Å². The molecule has 1 aromatic carbocycles. The third kappa shape index (κ3) is 1.66. The molecule has 2 aliphatic heterocycles. The molecule has 2 N–H and O–H groups in total. The van der Waals surface area contributed by atoms with Gasteiger partial charge in [-0.2, -0.15) is 0 Å². The SMILES string of the molecule is c1ccc2[nH]c(CN3C4CCC3CNC4)cc2c1. The summed E-state index contributed by atoms with van der Waals surface area (Å²) >= 11 is 0. The van der Waals surface area contributed by atoms with E-state index in [1.165, 1.54) is 29.4 Å². The van der Waals surface area contributed by atoms with Crippen LogP contribution in [0.3, 0.4) is 0 Å². The van der Waals surface area contributed by atoms with Crippen LogP contribution in [0.1, 0.15) is 18.5 Å². The molecule has 2 aliphatic rings. The average Bonchev–Trinajstić information content (AvgIpc) is 2.87. The number of H-pyrrole nitrogens is 1. The van der Waals surface area contributed by atoms with E-state index in [2.05, 4.69) is 45.5 Å². The van der Waals surface area contributed by atoms with Crippen molar-refractivity contribution < 1.29 is 0 Å². The summed E-state index contributed by atoms with van der Waals surface area (Å²) in [6.07, 6.45) is 2.72. The number of fused-ring (bicyclic) bond motifs is 3. The van der Waals surface area contributed by atoms with E-state index in [4.69, 9.17) is 0 Å². The predicted molar refractivity (Wildman–Crippen MR) is 73.5 cm³/mol. The van der Waals surface area contributed by atoms with Gasteiger partial charge in [-0.05, 0) is 30.4 Å². The number of nitrogens with one attached hydrogen (secondary N) is 2. The Morgan fingerprint density at radius 1 is 1.11 bits per heavy atom. The highest BCUT2D eigenvalue weighted by Gasteiger charge is 2.36. The smallest absolute Gasteiger partial charge is 0.0456 e. The van der Waals surface area contributed by atoms with E-state index < -0.39 is 0 Å². The molecule has 0 amide bonds. The highest BCUT2D eigenvalue weighted by molar-refractivity contribution is 5.80. The topological polar surface area (TPSA) is 31.1 Å². The molecule has 18 heavy (non-hydrogen) atoms. The second kappa shape index (κ2) is 4.11. The van der Waals surface area contributed by atoms with Gasteiger partial charge in [-0.25, -0.2) is 0 Å². The van der Waals surface area contributed by atoms with Gasteiger partial charge < -0.3 is 10.3 Å². The Balaban J connectivity index is 1.60. The lowest BCUT2D eigenvalue weighted by molar-refractivity contribution is 0.144. The molecule has 94 valence electrons. The molecule has 2 atom stereocenters. The Morgan fingerprint density at radius 3 is 2.67 bits per heavy atom. The first-order valence-corrected chi connectivity index (χ1v) is 6.93. The van der Waals surface area contributed by atoms with Crippen molar-refractivity contribution in [2.45, 2.75) is 31.5 Å². The second-order valence-electron chi connectivity index (χ2n) is 5.60. The number of aromatic nitrogens is 1. The van der Waals surface area contributed by atoms with Gasteiger partial charge in [0, 0.05) is 42.9 Å². The maximum absolute atomic E-state index is 3.55. The number of para-hydroxylation sites is 1. The Labute approximate surface area is 107 Å². The molecule has 2 aromatic rings. The summed E-state index contributed by atoms with van der Waals surface area (Å²) in [5, 5.41) is 4.87. The van der Waals surface area contributed by atoms with E-state index in [0.717, 1.165) is 31.7 Å². The quantitative estimate of drug-likeness (QED) is 0.843. The molecule has 0 radical (unpaired) electrons. The van der Waals surface area contributed by atoms with Crippen molar-refractivity contribution >= 4 is 10.9 Å². The van der Waals surface area contributed by atoms with Gasteiger partial charge in [0.05, 0.1) is 0 Å². The first-order valence-electron chi connectivity index (χ1n) is 6.93. The van der Waals surface area contributed by atoms with Gasteiger partial charge in [0.1, 0.15) is 0 Å². The first kappa shape index (κ1) is 10.6. The standard InChI is InChI=1S/C15H19N3/c1-2-4-15-11(3-1)7-12(17-15)10-18-13-5-6-14(18)9-16-8-13/h1-4,7,13-14,16-17H,5-6,8-10H2. The Kier molecular flexibility index (Phi) is 2.42. The molecule has 1 aromatic heterocycles. The zero-order valence-electron chi connectivity index (χ0n) is 10.5. The lowest BCUT2D eigenvalue weighted by Crippen LogP contribution is -2.51. The molecule has 4 rings (SSSR count). The number of aromatic amines is 1. The van der Waals surface area contributed by atoms with Crippen LogP contribution in [-0.2, 0) is 6.54 Å². The lowest BCUT2D eigenvalue weighted by atomic mass is 10.2.